The Labute approximate surface area is 153 Å². The smallest absolute Gasteiger partial charge is 0.322 e. The molecule has 136 valence electrons. The number of rotatable bonds is 5. The predicted molar refractivity (Wildman–Crippen MR) is 99.2 cm³/mol. The molecule has 0 spiro atoms. The standard InChI is InChI=1S/C20H24N4O2/c1-2-3-10-26-16-7-4-14(5-8-16)23-20(25)24-15-6-9-19(24)17-12-21-13-22-18(17)11-15/h4-5,7-8,12-13,15,19H,2-3,6,9-11H2,1H3,(H,23,25). The van der Waals surface area contributed by atoms with E-state index in [4.69, 9.17) is 4.74 Å². The molecule has 1 fully saturated rings. The second-order valence-corrected chi connectivity index (χ2v) is 6.94. The van der Waals surface area contributed by atoms with Crippen molar-refractivity contribution >= 4 is 11.7 Å². The molecule has 2 aliphatic heterocycles. The Hall–Kier alpha value is -2.63. The van der Waals surface area contributed by atoms with Gasteiger partial charge in [0.2, 0.25) is 0 Å². The lowest BCUT2D eigenvalue weighted by Crippen LogP contribution is -2.44. The zero-order chi connectivity index (χ0) is 17.9. The average molecular weight is 352 g/mol. The van der Waals surface area contributed by atoms with Crippen LogP contribution in [0.25, 0.3) is 0 Å². The van der Waals surface area contributed by atoms with Crippen LogP contribution in [0.5, 0.6) is 5.75 Å². The number of unbranched alkanes of at least 4 members (excludes halogenated alkanes) is 1. The first-order valence-corrected chi connectivity index (χ1v) is 9.37. The largest absolute Gasteiger partial charge is 0.494 e. The van der Waals surface area contributed by atoms with Crippen molar-refractivity contribution in [2.75, 3.05) is 11.9 Å². The van der Waals surface area contributed by atoms with Crippen molar-refractivity contribution < 1.29 is 9.53 Å². The van der Waals surface area contributed by atoms with E-state index in [0.717, 1.165) is 61.4 Å². The minimum atomic E-state index is -0.0494. The molecule has 0 radical (unpaired) electrons. The maximum Gasteiger partial charge on any atom is 0.322 e. The molecule has 2 aromatic rings. The Bertz CT molecular complexity index is 778. The lowest BCUT2D eigenvalue weighted by atomic mass is 10.00. The van der Waals surface area contributed by atoms with Crippen LogP contribution in [-0.4, -0.2) is 33.5 Å². The highest BCUT2D eigenvalue weighted by molar-refractivity contribution is 5.90. The van der Waals surface area contributed by atoms with Crippen molar-refractivity contribution in [3.05, 3.63) is 48.0 Å². The van der Waals surface area contributed by atoms with Gasteiger partial charge in [-0.3, -0.25) is 0 Å². The van der Waals surface area contributed by atoms with E-state index in [9.17, 15) is 4.79 Å². The summed E-state index contributed by atoms with van der Waals surface area (Å²) < 4.78 is 5.67. The number of hydrogen-bond acceptors (Lipinski definition) is 4. The third kappa shape index (κ3) is 3.23. The highest BCUT2D eigenvalue weighted by Gasteiger charge is 2.43. The first-order valence-electron chi connectivity index (χ1n) is 9.37. The summed E-state index contributed by atoms with van der Waals surface area (Å²) in [7, 11) is 0. The third-order valence-electron chi connectivity index (χ3n) is 5.22. The van der Waals surface area contributed by atoms with E-state index >= 15 is 0 Å². The number of nitrogens with zero attached hydrogens (tertiary/aromatic N) is 3. The fourth-order valence-corrected chi connectivity index (χ4v) is 3.89. The third-order valence-corrected chi connectivity index (χ3v) is 5.22. The molecule has 2 amide bonds. The van der Waals surface area contributed by atoms with Gasteiger partial charge in [-0.1, -0.05) is 13.3 Å². The van der Waals surface area contributed by atoms with Gasteiger partial charge in [0.15, 0.2) is 0 Å². The van der Waals surface area contributed by atoms with Crippen LogP contribution < -0.4 is 10.1 Å². The molecule has 2 unspecified atom stereocenters. The van der Waals surface area contributed by atoms with Gasteiger partial charge in [0.05, 0.1) is 18.3 Å². The summed E-state index contributed by atoms with van der Waals surface area (Å²) in [6, 6.07) is 7.84. The molecule has 6 heteroatoms. The summed E-state index contributed by atoms with van der Waals surface area (Å²) >= 11 is 0. The van der Waals surface area contributed by atoms with Gasteiger partial charge < -0.3 is 15.0 Å². The van der Waals surface area contributed by atoms with Gasteiger partial charge in [-0.25, -0.2) is 14.8 Å². The second kappa shape index (κ2) is 7.32. The molecule has 1 aromatic heterocycles. The van der Waals surface area contributed by atoms with Crippen LogP contribution in [0.15, 0.2) is 36.8 Å². The van der Waals surface area contributed by atoms with Crippen molar-refractivity contribution in [2.45, 2.75) is 51.1 Å². The number of urea groups is 1. The number of carbonyl (C=O) groups excluding carboxylic acids is 1. The normalized spacial score (nSPS) is 20.6. The second-order valence-electron chi connectivity index (χ2n) is 6.94. The van der Waals surface area contributed by atoms with Gasteiger partial charge in [0.25, 0.3) is 0 Å². The van der Waals surface area contributed by atoms with Crippen molar-refractivity contribution in [1.82, 2.24) is 14.9 Å². The zero-order valence-corrected chi connectivity index (χ0v) is 15.0. The minimum absolute atomic E-state index is 0.0494. The van der Waals surface area contributed by atoms with Crippen LogP contribution in [0, 0.1) is 0 Å². The SMILES string of the molecule is CCCCOc1ccc(NC(=O)N2C3CCC2c2cncnc2C3)cc1. The molecule has 1 aromatic carbocycles. The van der Waals surface area contributed by atoms with Gasteiger partial charge in [-0.2, -0.15) is 0 Å². The van der Waals surface area contributed by atoms with Crippen LogP contribution in [0.4, 0.5) is 10.5 Å². The predicted octanol–water partition coefficient (Wildman–Crippen LogP) is 3.95. The van der Waals surface area contributed by atoms with Crippen LogP contribution >= 0.6 is 0 Å². The van der Waals surface area contributed by atoms with Gasteiger partial charge in [0, 0.05) is 29.9 Å². The Balaban J connectivity index is 1.43. The molecule has 2 aliphatic rings. The molecule has 0 aliphatic carbocycles. The molecule has 1 saturated heterocycles. The van der Waals surface area contributed by atoms with Crippen LogP contribution in [0.3, 0.4) is 0 Å². The maximum atomic E-state index is 12.9. The quantitative estimate of drug-likeness (QED) is 0.828. The van der Waals surface area contributed by atoms with E-state index in [1.165, 1.54) is 0 Å². The zero-order valence-electron chi connectivity index (χ0n) is 15.0. The number of hydrogen-bond donors (Lipinski definition) is 1. The summed E-state index contributed by atoms with van der Waals surface area (Å²) in [4.78, 5) is 23.4. The number of nitrogens with one attached hydrogen (secondary N) is 1. The van der Waals surface area contributed by atoms with Gasteiger partial charge >= 0.3 is 6.03 Å². The molecular weight excluding hydrogens is 328 g/mol. The Morgan fingerprint density at radius 3 is 2.96 bits per heavy atom. The maximum absolute atomic E-state index is 12.9. The molecule has 3 heterocycles. The monoisotopic (exact) mass is 352 g/mol. The van der Waals surface area contributed by atoms with E-state index < -0.39 is 0 Å². The summed E-state index contributed by atoms with van der Waals surface area (Å²) in [5, 5.41) is 3.03. The molecule has 0 saturated carbocycles. The lowest BCUT2D eigenvalue weighted by molar-refractivity contribution is 0.178. The number of benzene rings is 1. The number of fused-ring (bicyclic) bond motifs is 4. The molecule has 2 bridgehead atoms. The minimum Gasteiger partial charge on any atom is -0.494 e. The molecule has 6 nitrogen and oxygen atoms in total. The van der Waals surface area contributed by atoms with Crippen molar-refractivity contribution in [3.8, 4) is 5.75 Å². The Morgan fingerprint density at radius 2 is 2.15 bits per heavy atom. The Kier molecular flexibility index (Phi) is 4.73. The van der Waals surface area contributed by atoms with Crippen molar-refractivity contribution in [1.29, 1.82) is 0 Å². The topological polar surface area (TPSA) is 67.3 Å². The highest BCUT2D eigenvalue weighted by Crippen LogP contribution is 2.42. The van der Waals surface area contributed by atoms with E-state index in [-0.39, 0.29) is 18.1 Å². The summed E-state index contributed by atoms with van der Waals surface area (Å²) in [6.07, 6.45) is 8.41. The molecule has 2 atom stereocenters. The summed E-state index contributed by atoms with van der Waals surface area (Å²) in [5.41, 5.74) is 2.97. The van der Waals surface area contributed by atoms with Crippen LogP contribution in [-0.2, 0) is 6.42 Å². The lowest BCUT2D eigenvalue weighted by Gasteiger charge is -2.35. The number of amides is 2. The fourth-order valence-electron chi connectivity index (χ4n) is 3.89. The number of ether oxygens (including phenoxy) is 1. The Morgan fingerprint density at radius 1 is 1.31 bits per heavy atom. The first-order chi connectivity index (χ1) is 12.8. The number of anilines is 1. The molecular formula is C20H24N4O2. The summed E-state index contributed by atoms with van der Waals surface area (Å²) in [6.45, 7) is 2.86. The van der Waals surface area contributed by atoms with E-state index in [0.29, 0.717) is 0 Å². The highest BCUT2D eigenvalue weighted by atomic mass is 16.5. The van der Waals surface area contributed by atoms with Gasteiger partial charge in [-0.05, 0) is 43.5 Å². The average Bonchev–Trinajstić information content (AvgIpc) is 2.98. The van der Waals surface area contributed by atoms with Crippen LogP contribution in [0.2, 0.25) is 0 Å². The molecule has 1 N–H and O–H groups in total. The van der Waals surface area contributed by atoms with E-state index in [2.05, 4.69) is 22.2 Å². The molecule has 4 rings (SSSR count). The molecule has 26 heavy (non-hydrogen) atoms. The van der Waals surface area contributed by atoms with Gasteiger partial charge in [0.1, 0.15) is 12.1 Å². The fraction of sp³-hybridized carbons (Fsp3) is 0.450. The van der Waals surface area contributed by atoms with Crippen LogP contribution in [0.1, 0.15) is 49.9 Å². The number of carbonyl (C=O) groups is 1. The van der Waals surface area contributed by atoms with E-state index in [1.807, 2.05) is 35.4 Å². The summed E-state index contributed by atoms with van der Waals surface area (Å²) in [5.74, 6) is 0.834. The van der Waals surface area contributed by atoms with Crippen molar-refractivity contribution in [3.63, 3.8) is 0 Å². The van der Waals surface area contributed by atoms with E-state index in [1.54, 1.807) is 6.33 Å². The van der Waals surface area contributed by atoms with Gasteiger partial charge in [-0.15, -0.1) is 0 Å². The first kappa shape index (κ1) is 16.8. The number of aromatic nitrogens is 2. The van der Waals surface area contributed by atoms with Crippen molar-refractivity contribution in [2.24, 2.45) is 0 Å².